The molecule has 2 saturated heterocycles. The lowest BCUT2D eigenvalue weighted by molar-refractivity contribution is 0.00124. The van der Waals surface area contributed by atoms with Gasteiger partial charge < -0.3 is 14.7 Å². The van der Waals surface area contributed by atoms with Crippen molar-refractivity contribution in [2.45, 2.75) is 82.6 Å². The molecular formula is C24H31F2N3O2. The lowest BCUT2D eigenvalue weighted by atomic mass is 9.81. The van der Waals surface area contributed by atoms with E-state index in [4.69, 9.17) is 9.72 Å². The van der Waals surface area contributed by atoms with Gasteiger partial charge in [0.25, 0.3) is 0 Å². The van der Waals surface area contributed by atoms with E-state index in [-0.39, 0.29) is 23.9 Å². The quantitative estimate of drug-likeness (QED) is 0.765. The number of aromatic nitrogens is 2. The van der Waals surface area contributed by atoms with Crippen LogP contribution in [-0.2, 0) is 23.2 Å². The number of fused-ring (bicyclic) bond motifs is 2. The molecule has 31 heavy (non-hydrogen) atoms. The Kier molecular flexibility index (Phi) is 5.77. The Labute approximate surface area is 182 Å². The van der Waals surface area contributed by atoms with E-state index in [9.17, 15) is 13.9 Å². The van der Waals surface area contributed by atoms with Crippen molar-refractivity contribution in [1.82, 2.24) is 9.97 Å². The second-order valence-corrected chi connectivity index (χ2v) is 10.1. The maximum absolute atomic E-state index is 14.2. The number of rotatable bonds is 5. The SMILES string of the molecule is COCc1cc(N2[C@H]3CC[C@H]2CC(O)(Cc2ccc(F)cc2F)C3)nc(C(C)(C)C)n1. The first kappa shape index (κ1) is 22.1. The van der Waals surface area contributed by atoms with Crippen molar-refractivity contribution in [3.05, 3.63) is 53.0 Å². The molecule has 2 bridgehead atoms. The minimum absolute atomic E-state index is 0.116. The van der Waals surface area contributed by atoms with Crippen LogP contribution in [0.4, 0.5) is 14.6 Å². The number of ether oxygens (including phenoxy) is 1. The molecule has 1 aromatic heterocycles. The van der Waals surface area contributed by atoms with Gasteiger partial charge in [-0.15, -0.1) is 0 Å². The van der Waals surface area contributed by atoms with Crippen LogP contribution in [0, 0.1) is 11.6 Å². The highest BCUT2D eigenvalue weighted by molar-refractivity contribution is 5.46. The summed E-state index contributed by atoms with van der Waals surface area (Å²) in [5, 5.41) is 11.3. The van der Waals surface area contributed by atoms with E-state index in [2.05, 4.69) is 30.7 Å². The third-order valence-electron chi connectivity index (χ3n) is 6.38. The molecule has 1 aromatic carbocycles. The molecule has 168 valence electrons. The predicted molar refractivity (Wildman–Crippen MR) is 115 cm³/mol. The molecule has 1 N–H and O–H groups in total. The molecular weight excluding hydrogens is 400 g/mol. The second kappa shape index (κ2) is 8.10. The molecule has 0 aliphatic carbocycles. The van der Waals surface area contributed by atoms with Gasteiger partial charge in [-0.2, -0.15) is 0 Å². The summed E-state index contributed by atoms with van der Waals surface area (Å²) < 4.78 is 32.8. The number of hydrogen-bond acceptors (Lipinski definition) is 5. The topological polar surface area (TPSA) is 58.5 Å². The maximum Gasteiger partial charge on any atom is 0.136 e. The van der Waals surface area contributed by atoms with E-state index < -0.39 is 17.2 Å². The van der Waals surface area contributed by atoms with Crippen LogP contribution in [-0.4, -0.2) is 39.9 Å². The maximum atomic E-state index is 14.2. The Morgan fingerprint density at radius 1 is 1.13 bits per heavy atom. The van der Waals surface area contributed by atoms with Crippen molar-refractivity contribution < 1.29 is 18.6 Å². The van der Waals surface area contributed by atoms with Crippen molar-refractivity contribution in [3.8, 4) is 0 Å². The molecule has 2 atom stereocenters. The van der Waals surface area contributed by atoms with E-state index in [1.807, 2.05) is 6.07 Å². The van der Waals surface area contributed by atoms with Gasteiger partial charge in [0.15, 0.2) is 0 Å². The van der Waals surface area contributed by atoms with E-state index >= 15 is 0 Å². The summed E-state index contributed by atoms with van der Waals surface area (Å²) >= 11 is 0. The molecule has 0 radical (unpaired) electrons. The van der Waals surface area contributed by atoms with Gasteiger partial charge in [0, 0.05) is 43.2 Å². The molecule has 0 spiro atoms. The van der Waals surface area contributed by atoms with Gasteiger partial charge in [0.05, 0.1) is 17.9 Å². The fraction of sp³-hybridized carbons (Fsp3) is 0.583. The van der Waals surface area contributed by atoms with Gasteiger partial charge in [-0.25, -0.2) is 18.7 Å². The van der Waals surface area contributed by atoms with Crippen LogP contribution in [0.3, 0.4) is 0 Å². The molecule has 5 nitrogen and oxygen atoms in total. The second-order valence-electron chi connectivity index (χ2n) is 10.1. The first-order valence-corrected chi connectivity index (χ1v) is 10.9. The highest BCUT2D eigenvalue weighted by atomic mass is 19.1. The van der Waals surface area contributed by atoms with Crippen molar-refractivity contribution >= 4 is 5.82 Å². The highest BCUT2D eigenvalue weighted by Crippen LogP contribution is 2.44. The summed E-state index contributed by atoms with van der Waals surface area (Å²) in [4.78, 5) is 11.9. The molecule has 4 rings (SSSR count). The molecule has 2 fully saturated rings. The molecule has 2 aliphatic heterocycles. The Bertz CT molecular complexity index is 946. The number of anilines is 1. The van der Waals surface area contributed by atoms with Gasteiger partial charge >= 0.3 is 0 Å². The summed E-state index contributed by atoms with van der Waals surface area (Å²) in [6.07, 6.45) is 3.14. The Morgan fingerprint density at radius 3 is 2.39 bits per heavy atom. The first-order valence-electron chi connectivity index (χ1n) is 10.9. The number of halogens is 2. The number of nitrogens with zero attached hydrogens (tertiary/aromatic N) is 3. The zero-order valence-electron chi connectivity index (χ0n) is 18.7. The summed E-state index contributed by atoms with van der Waals surface area (Å²) in [7, 11) is 1.65. The third kappa shape index (κ3) is 4.58. The van der Waals surface area contributed by atoms with Crippen LogP contribution in [0.2, 0.25) is 0 Å². The zero-order valence-corrected chi connectivity index (χ0v) is 18.7. The largest absolute Gasteiger partial charge is 0.389 e. The van der Waals surface area contributed by atoms with E-state index in [1.54, 1.807) is 7.11 Å². The standard InChI is InChI=1S/C24H31F2N3O2/c1-23(2,3)22-27-17(14-31-4)10-21(28-22)29-18-7-8-19(29)13-24(30,12-18)11-15-5-6-16(25)9-20(15)26/h5-6,9-10,18-19,30H,7-8,11-14H2,1-4H3/t18-,19-/m0/s1. The highest BCUT2D eigenvalue weighted by Gasteiger charge is 2.48. The van der Waals surface area contributed by atoms with Crippen molar-refractivity contribution in [3.63, 3.8) is 0 Å². The van der Waals surface area contributed by atoms with Gasteiger partial charge in [-0.3, -0.25) is 0 Å². The number of benzene rings is 1. The van der Waals surface area contributed by atoms with Gasteiger partial charge in [0.1, 0.15) is 23.3 Å². The van der Waals surface area contributed by atoms with Crippen molar-refractivity contribution in [1.29, 1.82) is 0 Å². The summed E-state index contributed by atoms with van der Waals surface area (Å²) in [6.45, 7) is 6.67. The first-order chi connectivity index (χ1) is 14.6. The Hall–Kier alpha value is -2.12. The smallest absolute Gasteiger partial charge is 0.136 e. The van der Waals surface area contributed by atoms with Gasteiger partial charge in [-0.05, 0) is 37.3 Å². The fourth-order valence-electron chi connectivity index (χ4n) is 5.03. The lowest BCUT2D eigenvalue weighted by Crippen LogP contribution is -2.52. The number of methoxy groups -OCH3 is 1. The van der Waals surface area contributed by atoms with Gasteiger partial charge in [-0.1, -0.05) is 26.8 Å². The van der Waals surface area contributed by atoms with Crippen LogP contribution in [0.1, 0.15) is 63.5 Å². The molecule has 3 heterocycles. The number of aliphatic hydroxyl groups is 1. The average Bonchev–Trinajstić information content (AvgIpc) is 2.96. The van der Waals surface area contributed by atoms with Crippen molar-refractivity contribution in [2.24, 2.45) is 0 Å². The van der Waals surface area contributed by atoms with Crippen LogP contribution >= 0.6 is 0 Å². The average molecular weight is 432 g/mol. The van der Waals surface area contributed by atoms with Crippen LogP contribution in [0.15, 0.2) is 24.3 Å². The summed E-state index contributed by atoms with van der Waals surface area (Å²) in [6, 6.07) is 5.78. The normalized spacial score (nSPS) is 25.8. The molecule has 0 saturated carbocycles. The van der Waals surface area contributed by atoms with E-state index in [0.29, 0.717) is 25.0 Å². The molecule has 7 heteroatoms. The summed E-state index contributed by atoms with van der Waals surface area (Å²) in [5.74, 6) is 0.437. The molecule has 0 amide bonds. The van der Waals surface area contributed by atoms with Crippen molar-refractivity contribution in [2.75, 3.05) is 12.0 Å². The number of hydrogen-bond donors (Lipinski definition) is 1. The molecule has 2 aromatic rings. The third-order valence-corrected chi connectivity index (χ3v) is 6.38. The van der Waals surface area contributed by atoms with Crippen LogP contribution < -0.4 is 4.90 Å². The predicted octanol–water partition coefficient (Wildman–Crippen LogP) is 4.30. The fourth-order valence-corrected chi connectivity index (χ4v) is 5.03. The Morgan fingerprint density at radius 2 is 1.81 bits per heavy atom. The van der Waals surface area contributed by atoms with E-state index in [0.717, 1.165) is 36.2 Å². The minimum atomic E-state index is -1.02. The van der Waals surface area contributed by atoms with E-state index in [1.165, 1.54) is 12.1 Å². The van der Waals surface area contributed by atoms with Gasteiger partial charge in [0.2, 0.25) is 0 Å². The van der Waals surface area contributed by atoms with Crippen LogP contribution in [0.25, 0.3) is 0 Å². The van der Waals surface area contributed by atoms with Crippen LogP contribution in [0.5, 0.6) is 0 Å². The summed E-state index contributed by atoms with van der Waals surface area (Å²) in [5.41, 5.74) is -0.0213. The lowest BCUT2D eigenvalue weighted by Gasteiger charge is -2.45. The minimum Gasteiger partial charge on any atom is -0.389 e. The molecule has 2 aliphatic rings. The molecule has 0 unspecified atom stereocenters. The number of piperidine rings is 1. The zero-order chi connectivity index (χ0) is 22.4. The Balaban J connectivity index is 1.60. The monoisotopic (exact) mass is 431 g/mol.